The lowest BCUT2D eigenvalue weighted by molar-refractivity contribution is -0.133. The number of aromatic amines is 1. The number of rotatable bonds is 8. The Bertz CT molecular complexity index is 1140. The summed E-state index contributed by atoms with van der Waals surface area (Å²) in [5.74, 6) is 2.89. The summed E-state index contributed by atoms with van der Waals surface area (Å²) >= 11 is 0. The zero-order valence-electron chi connectivity index (χ0n) is 20.4. The van der Waals surface area contributed by atoms with E-state index >= 15 is 0 Å². The molecule has 1 N–H and O–H groups in total. The van der Waals surface area contributed by atoms with Crippen molar-refractivity contribution in [2.45, 2.75) is 51.2 Å². The normalized spacial score (nSPS) is 18.3. The highest BCUT2D eigenvalue weighted by Gasteiger charge is 2.32. The highest BCUT2D eigenvalue weighted by Crippen LogP contribution is 2.36. The Labute approximate surface area is 206 Å². The smallest absolute Gasteiger partial charge is 0.230 e. The molecule has 2 heterocycles. The number of hydrogen-bond donors (Lipinski definition) is 1. The largest absolute Gasteiger partial charge is 0.493 e. The van der Waals surface area contributed by atoms with Gasteiger partial charge in [0.1, 0.15) is 5.82 Å². The number of nitrogens with one attached hydrogen (secondary N) is 1. The summed E-state index contributed by atoms with van der Waals surface area (Å²) in [6.45, 7) is 3.97. The van der Waals surface area contributed by atoms with E-state index in [9.17, 15) is 4.79 Å². The lowest BCUT2D eigenvalue weighted by Crippen LogP contribution is -2.56. The average molecular weight is 476 g/mol. The highest BCUT2D eigenvalue weighted by molar-refractivity contribution is 5.78. The van der Waals surface area contributed by atoms with E-state index in [1.54, 1.807) is 7.11 Å². The Hall–Kier alpha value is -3.55. The van der Waals surface area contributed by atoms with Gasteiger partial charge in [-0.3, -0.25) is 9.89 Å². The van der Waals surface area contributed by atoms with Crippen LogP contribution in [0.2, 0.25) is 0 Å². The second-order valence-corrected chi connectivity index (χ2v) is 9.40. The van der Waals surface area contributed by atoms with E-state index in [-0.39, 0.29) is 24.5 Å². The Balaban J connectivity index is 1.35. The fourth-order valence-electron chi connectivity index (χ4n) is 4.81. The number of H-pyrrole nitrogens is 1. The number of piperazine rings is 1. The Kier molecular flexibility index (Phi) is 6.88. The van der Waals surface area contributed by atoms with Gasteiger partial charge >= 0.3 is 0 Å². The predicted octanol–water partition coefficient (Wildman–Crippen LogP) is 3.56. The molecule has 8 nitrogen and oxygen atoms in total. The molecule has 1 aromatic heterocycles. The molecule has 1 aliphatic heterocycles. The number of amides is 1. The first kappa shape index (κ1) is 23.2. The Morgan fingerprint density at radius 1 is 1.11 bits per heavy atom. The van der Waals surface area contributed by atoms with Crippen LogP contribution in [0, 0.1) is 6.92 Å². The molecule has 5 rings (SSSR count). The molecule has 1 amide bonds. The number of carbonyl (C=O) groups is 1. The number of ether oxygens (including phenoxy) is 2. The minimum atomic E-state index is 0.0387. The van der Waals surface area contributed by atoms with Gasteiger partial charge in [0.05, 0.1) is 25.7 Å². The van der Waals surface area contributed by atoms with Crippen molar-refractivity contribution in [2.75, 3.05) is 31.6 Å². The molecule has 0 spiro atoms. The number of aryl methyl sites for hydroxylation is 1. The monoisotopic (exact) mass is 475 g/mol. The molecule has 0 unspecified atom stereocenters. The van der Waals surface area contributed by atoms with E-state index in [0.717, 1.165) is 55.4 Å². The number of anilines is 1. The average Bonchev–Trinajstić information content (AvgIpc) is 3.26. The van der Waals surface area contributed by atoms with Gasteiger partial charge in [0.2, 0.25) is 5.91 Å². The van der Waals surface area contributed by atoms with Gasteiger partial charge in [0.25, 0.3) is 0 Å². The number of carbonyl (C=O) groups excluding carboxylic acids is 1. The first-order chi connectivity index (χ1) is 17.1. The molecule has 2 aliphatic rings. The van der Waals surface area contributed by atoms with E-state index in [1.165, 1.54) is 12.0 Å². The van der Waals surface area contributed by atoms with E-state index < -0.39 is 0 Å². The van der Waals surface area contributed by atoms with Crippen molar-refractivity contribution >= 4 is 11.6 Å². The summed E-state index contributed by atoms with van der Waals surface area (Å²) in [5, 5.41) is 6.99. The Morgan fingerprint density at radius 3 is 2.63 bits per heavy atom. The third-order valence-electron chi connectivity index (χ3n) is 6.93. The number of methoxy groups -OCH3 is 1. The summed E-state index contributed by atoms with van der Waals surface area (Å²) in [6.07, 6.45) is 4.68. The van der Waals surface area contributed by atoms with Gasteiger partial charge in [-0.25, -0.2) is 4.98 Å². The van der Waals surface area contributed by atoms with Gasteiger partial charge in [-0.2, -0.15) is 5.10 Å². The second-order valence-electron chi connectivity index (χ2n) is 9.40. The van der Waals surface area contributed by atoms with Crippen LogP contribution < -0.4 is 14.4 Å². The SMILES string of the molecule is COc1ccc(N2CCN(C(=O)Cc3n[nH]c(C)n3)[C@@H](Cc3ccccc3)C2)cc1OC1CCC1. The van der Waals surface area contributed by atoms with E-state index in [4.69, 9.17) is 9.47 Å². The zero-order chi connectivity index (χ0) is 24.2. The number of hydrogen-bond acceptors (Lipinski definition) is 6. The van der Waals surface area contributed by atoms with Crippen LogP contribution in [-0.2, 0) is 17.6 Å². The van der Waals surface area contributed by atoms with Crippen LogP contribution >= 0.6 is 0 Å². The fourth-order valence-corrected chi connectivity index (χ4v) is 4.81. The summed E-state index contributed by atoms with van der Waals surface area (Å²) in [4.78, 5) is 22.0. The van der Waals surface area contributed by atoms with Crippen molar-refractivity contribution in [3.63, 3.8) is 0 Å². The molecule has 35 heavy (non-hydrogen) atoms. The zero-order valence-corrected chi connectivity index (χ0v) is 20.4. The van der Waals surface area contributed by atoms with Crippen molar-refractivity contribution in [1.29, 1.82) is 0 Å². The molecule has 184 valence electrons. The van der Waals surface area contributed by atoms with Gasteiger partial charge in [-0.05, 0) is 50.3 Å². The summed E-state index contributed by atoms with van der Waals surface area (Å²) in [7, 11) is 1.68. The molecule has 1 atom stereocenters. The van der Waals surface area contributed by atoms with Crippen molar-refractivity contribution < 1.29 is 14.3 Å². The van der Waals surface area contributed by atoms with E-state index in [1.807, 2.05) is 36.1 Å². The lowest BCUT2D eigenvalue weighted by atomic mass is 9.96. The molecule has 1 aliphatic carbocycles. The molecule has 1 saturated heterocycles. The predicted molar refractivity (Wildman–Crippen MR) is 134 cm³/mol. The van der Waals surface area contributed by atoms with Gasteiger partial charge in [0.15, 0.2) is 17.3 Å². The van der Waals surface area contributed by atoms with Crippen LogP contribution in [0.5, 0.6) is 11.5 Å². The third-order valence-corrected chi connectivity index (χ3v) is 6.93. The van der Waals surface area contributed by atoms with Crippen LogP contribution in [0.15, 0.2) is 48.5 Å². The number of benzene rings is 2. The van der Waals surface area contributed by atoms with Crippen molar-refractivity contribution in [2.24, 2.45) is 0 Å². The van der Waals surface area contributed by atoms with Crippen LogP contribution in [0.25, 0.3) is 0 Å². The second kappa shape index (κ2) is 10.4. The molecule has 2 aromatic carbocycles. The maximum atomic E-state index is 13.3. The summed E-state index contributed by atoms with van der Waals surface area (Å²) < 4.78 is 11.8. The van der Waals surface area contributed by atoms with Crippen molar-refractivity contribution in [1.82, 2.24) is 20.1 Å². The summed E-state index contributed by atoms with van der Waals surface area (Å²) in [6, 6.07) is 16.6. The van der Waals surface area contributed by atoms with E-state index in [2.05, 4.69) is 44.3 Å². The maximum absolute atomic E-state index is 13.3. The van der Waals surface area contributed by atoms with Gasteiger partial charge in [-0.15, -0.1) is 0 Å². The van der Waals surface area contributed by atoms with Crippen molar-refractivity contribution in [3.8, 4) is 11.5 Å². The summed E-state index contributed by atoms with van der Waals surface area (Å²) in [5.41, 5.74) is 2.31. The standard InChI is InChI=1S/C27H33N5O3/c1-19-28-26(30-29-19)17-27(33)32-14-13-31(18-22(32)15-20-7-4-3-5-8-20)21-11-12-24(34-2)25(16-21)35-23-9-6-10-23/h3-5,7-8,11-12,16,22-23H,6,9-10,13-15,17-18H2,1-2H3,(H,28,29,30)/t22-/m0/s1. The molecule has 0 radical (unpaired) electrons. The Morgan fingerprint density at radius 2 is 1.94 bits per heavy atom. The molecule has 2 fully saturated rings. The van der Waals surface area contributed by atoms with Crippen LogP contribution in [-0.4, -0.2) is 64.9 Å². The first-order valence-electron chi connectivity index (χ1n) is 12.4. The molecular formula is C27H33N5O3. The van der Waals surface area contributed by atoms with Crippen LogP contribution in [0.4, 0.5) is 5.69 Å². The molecule has 8 heteroatoms. The molecular weight excluding hydrogens is 442 g/mol. The lowest BCUT2D eigenvalue weighted by Gasteiger charge is -2.43. The van der Waals surface area contributed by atoms with Gasteiger partial charge < -0.3 is 19.3 Å². The first-order valence-corrected chi connectivity index (χ1v) is 12.4. The fraction of sp³-hybridized carbons (Fsp3) is 0.444. The van der Waals surface area contributed by atoms with Crippen LogP contribution in [0.1, 0.15) is 36.5 Å². The molecule has 1 saturated carbocycles. The number of aromatic nitrogens is 3. The number of nitrogens with zero attached hydrogens (tertiary/aromatic N) is 4. The minimum Gasteiger partial charge on any atom is -0.493 e. The highest BCUT2D eigenvalue weighted by atomic mass is 16.5. The van der Waals surface area contributed by atoms with Crippen LogP contribution in [0.3, 0.4) is 0 Å². The minimum absolute atomic E-state index is 0.0387. The topological polar surface area (TPSA) is 83.6 Å². The quantitative estimate of drug-likeness (QED) is 0.536. The van der Waals surface area contributed by atoms with Gasteiger partial charge in [0, 0.05) is 31.4 Å². The maximum Gasteiger partial charge on any atom is 0.230 e. The third kappa shape index (κ3) is 5.42. The molecule has 0 bridgehead atoms. The van der Waals surface area contributed by atoms with Gasteiger partial charge in [-0.1, -0.05) is 30.3 Å². The van der Waals surface area contributed by atoms with E-state index in [0.29, 0.717) is 12.4 Å². The van der Waals surface area contributed by atoms with Crippen molar-refractivity contribution in [3.05, 3.63) is 65.7 Å². The molecule has 3 aromatic rings.